The first kappa shape index (κ1) is 14.7. The first-order valence-corrected chi connectivity index (χ1v) is 4.03. The zero-order valence-electron chi connectivity index (χ0n) is 7.91. The van der Waals surface area contributed by atoms with Gasteiger partial charge in [-0.3, -0.25) is 4.79 Å². The molecule has 0 heterocycles. The minimum atomic E-state index is -1.39. The minimum absolute atomic E-state index is 0. The Bertz CT molecular complexity index is 401. The van der Waals surface area contributed by atoms with Gasteiger partial charge in [-0.05, 0) is 11.6 Å². The van der Waals surface area contributed by atoms with Crippen LogP contribution in [0.3, 0.4) is 0 Å². The van der Waals surface area contributed by atoms with Crippen molar-refractivity contribution >= 4 is 18.4 Å². The zero-order chi connectivity index (χ0) is 11.6. The molecule has 1 aromatic rings. The number of carbonyl (C=O) groups is 1. The molecule has 0 radical (unpaired) electrons. The molecule has 0 saturated carbocycles. The summed E-state index contributed by atoms with van der Waals surface area (Å²) >= 11 is 0. The Morgan fingerprint density at radius 2 is 1.94 bits per heavy atom. The summed E-state index contributed by atoms with van der Waals surface area (Å²) in [5.41, 5.74) is 4.72. The summed E-state index contributed by atoms with van der Waals surface area (Å²) in [6.45, 7) is 0. The molecule has 16 heavy (non-hydrogen) atoms. The van der Waals surface area contributed by atoms with E-state index >= 15 is 0 Å². The maximum absolute atomic E-state index is 13.0. The highest BCUT2D eigenvalue weighted by atomic mass is 35.5. The predicted molar refractivity (Wildman–Crippen MR) is 52.9 cm³/mol. The first-order valence-electron chi connectivity index (χ1n) is 4.03. The Balaban J connectivity index is 0.00000225. The average Bonchev–Trinajstić information content (AvgIpc) is 2.13. The maximum atomic E-state index is 13.0. The fraction of sp³-hybridized carbons (Fsp3) is 0.222. The molecule has 0 bridgehead atoms. The molecule has 0 unspecified atom stereocenters. The summed E-state index contributed by atoms with van der Waals surface area (Å²) in [4.78, 5) is 10.3. The lowest BCUT2D eigenvalue weighted by Gasteiger charge is -2.07. The van der Waals surface area contributed by atoms with Gasteiger partial charge in [-0.25, -0.2) is 13.2 Å². The molecule has 1 atom stereocenters. The molecule has 3 nitrogen and oxygen atoms in total. The summed E-state index contributed by atoms with van der Waals surface area (Å²) in [7, 11) is 0. The number of rotatable bonds is 3. The smallest absolute Gasteiger partial charge is 0.320 e. The molecular weight excluding hydrogens is 247 g/mol. The van der Waals surface area contributed by atoms with Crippen molar-refractivity contribution in [2.24, 2.45) is 5.73 Å². The molecule has 0 aromatic heterocycles. The van der Waals surface area contributed by atoms with Gasteiger partial charge >= 0.3 is 5.97 Å². The second kappa shape index (κ2) is 5.72. The zero-order valence-corrected chi connectivity index (χ0v) is 8.73. The molecule has 0 saturated heterocycles. The largest absolute Gasteiger partial charge is 0.480 e. The van der Waals surface area contributed by atoms with Crippen LogP contribution in [0.5, 0.6) is 0 Å². The van der Waals surface area contributed by atoms with E-state index in [4.69, 9.17) is 10.8 Å². The van der Waals surface area contributed by atoms with E-state index in [0.29, 0.717) is 6.07 Å². The Morgan fingerprint density at radius 1 is 1.38 bits per heavy atom. The number of benzene rings is 1. The van der Waals surface area contributed by atoms with Gasteiger partial charge in [0.05, 0.1) is 0 Å². The van der Waals surface area contributed by atoms with E-state index in [1.54, 1.807) is 0 Å². The highest BCUT2D eigenvalue weighted by Gasteiger charge is 2.17. The number of hydrogen-bond donors (Lipinski definition) is 2. The topological polar surface area (TPSA) is 63.3 Å². The molecule has 0 fully saturated rings. The number of nitrogens with two attached hydrogens (primary N) is 1. The number of hydrogen-bond acceptors (Lipinski definition) is 2. The van der Waals surface area contributed by atoms with Gasteiger partial charge in [-0.2, -0.15) is 0 Å². The highest BCUT2D eigenvalue weighted by Crippen LogP contribution is 2.15. The number of carboxylic acid groups (broad SMARTS) is 1. The molecule has 0 amide bonds. The third kappa shape index (κ3) is 3.39. The lowest BCUT2D eigenvalue weighted by molar-refractivity contribution is -0.138. The molecule has 7 heteroatoms. The second-order valence-electron chi connectivity index (χ2n) is 3.01. The van der Waals surface area contributed by atoms with Crippen LogP contribution < -0.4 is 5.73 Å². The number of halogens is 4. The maximum Gasteiger partial charge on any atom is 0.320 e. The van der Waals surface area contributed by atoms with Gasteiger partial charge in [0.15, 0.2) is 11.6 Å². The Kier molecular flexibility index (Phi) is 5.26. The molecule has 0 spiro atoms. The lowest BCUT2D eigenvalue weighted by atomic mass is 10.1. The van der Waals surface area contributed by atoms with Gasteiger partial charge in [0.1, 0.15) is 11.9 Å². The van der Waals surface area contributed by atoms with Crippen molar-refractivity contribution in [3.8, 4) is 0 Å². The van der Waals surface area contributed by atoms with Crippen molar-refractivity contribution in [1.29, 1.82) is 0 Å². The van der Waals surface area contributed by atoms with Gasteiger partial charge in [0.25, 0.3) is 0 Å². The summed E-state index contributed by atoms with van der Waals surface area (Å²) < 4.78 is 38.4. The van der Waals surface area contributed by atoms with Crippen LogP contribution in [0.2, 0.25) is 0 Å². The normalized spacial score (nSPS) is 11.8. The van der Waals surface area contributed by atoms with Crippen molar-refractivity contribution in [2.45, 2.75) is 12.5 Å². The van der Waals surface area contributed by atoms with E-state index in [2.05, 4.69) is 0 Å². The molecule has 0 aliphatic carbocycles. The van der Waals surface area contributed by atoms with Gasteiger partial charge in [0.2, 0.25) is 0 Å². The molecule has 1 rings (SSSR count). The van der Waals surface area contributed by atoms with Crippen LogP contribution in [-0.4, -0.2) is 17.1 Å². The number of carboxylic acids is 1. The average molecular weight is 256 g/mol. The van der Waals surface area contributed by atoms with E-state index in [1.165, 1.54) is 0 Å². The van der Waals surface area contributed by atoms with E-state index < -0.39 is 35.9 Å². The Morgan fingerprint density at radius 3 is 2.44 bits per heavy atom. The lowest BCUT2D eigenvalue weighted by Crippen LogP contribution is -2.32. The van der Waals surface area contributed by atoms with Gasteiger partial charge in [0, 0.05) is 12.5 Å². The van der Waals surface area contributed by atoms with Crippen molar-refractivity contribution in [3.63, 3.8) is 0 Å². The SMILES string of the molecule is Cl.N[C@@H](Cc1cc(F)cc(F)c1F)C(=O)O. The van der Waals surface area contributed by atoms with Crippen molar-refractivity contribution in [3.05, 3.63) is 35.1 Å². The Labute approximate surface area is 95.5 Å². The summed E-state index contributed by atoms with van der Waals surface area (Å²) in [5.74, 6) is -4.96. The molecular formula is C9H9ClF3NO2. The standard InChI is InChI=1S/C9H8F3NO2.ClH/c10-5-1-4(2-7(13)9(14)15)8(12)6(11)3-5;/h1,3,7H,2,13H2,(H,14,15);1H/t7-;/m0./s1. The Hall–Kier alpha value is -1.27. The van der Waals surface area contributed by atoms with Crippen LogP contribution in [-0.2, 0) is 11.2 Å². The highest BCUT2D eigenvalue weighted by molar-refractivity contribution is 5.85. The van der Waals surface area contributed by atoms with Crippen molar-refractivity contribution < 1.29 is 23.1 Å². The van der Waals surface area contributed by atoms with Crippen LogP contribution in [0.25, 0.3) is 0 Å². The van der Waals surface area contributed by atoms with Crippen LogP contribution in [0.15, 0.2) is 12.1 Å². The van der Waals surface area contributed by atoms with Crippen LogP contribution in [0, 0.1) is 17.5 Å². The van der Waals surface area contributed by atoms with E-state index in [-0.39, 0.29) is 18.0 Å². The minimum Gasteiger partial charge on any atom is -0.480 e. The van der Waals surface area contributed by atoms with Crippen molar-refractivity contribution in [2.75, 3.05) is 0 Å². The van der Waals surface area contributed by atoms with Gasteiger partial charge in [-0.1, -0.05) is 0 Å². The predicted octanol–water partition coefficient (Wildman–Crippen LogP) is 1.48. The summed E-state index contributed by atoms with van der Waals surface area (Å²) in [5, 5.41) is 8.44. The van der Waals surface area contributed by atoms with Gasteiger partial charge < -0.3 is 10.8 Å². The van der Waals surface area contributed by atoms with E-state index in [0.717, 1.165) is 6.07 Å². The fourth-order valence-corrected chi connectivity index (χ4v) is 1.08. The van der Waals surface area contributed by atoms with Crippen LogP contribution >= 0.6 is 12.4 Å². The monoisotopic (exact) mass is 255 g/mol. The molecule has 3 N–H and O–H groups in total. The van der Waals surface area contributed by atoms with E-state index in [9.17, 15) is 18.0 Å². The quantitative estimate of drug-likeness (QED) is 0.804. The van der Waals surface area contributed by atoms with Crippen molar-refractivity contribution in [1.82, 2.24) is 0 Å². The molecule has 0 aliphatic heterocycles. The second-order valence-corrected chi connectivity index (χ2v) is 3.01. The molecule has 1 aromatic carbocycles. The van der Waals surface area contributed by atoms with E-state index in [1.807, 2.05) is 0 Å². The third-order valence-electron chi connectivity index (χ3n) is 1.83. The van der Waals surface area contributed by atoms with Crippen LogP contribution in [0.4, 0.5) is 13.2 Å². The van der Waals surface area contributed by atoms with Gasteiger partial charge in [-0.15, -0.1) is 12.4 Å². The van der Waals surface area contributed by atoms with Crippen LogP contribution in [0.1, 0.15) is 5.56 Å². The first-order chi connectivity index (χ1) is 6.91. The number of aliphatic carboxylic acids is 1. The molecule has 0 aliphatic rings. The fourth-order valence-electron chi connectivity index (χ4n) is 1.08. The summed E-state index contributed by atoms with van der Waals surface area (Å²) in [6.07, 6.45) is -0.462. The third-order valence-corrected chi connectivity index (χ3v) is 1.83. The molecule has 90 valence electrons. The summed E-state index contributed by atoms with van der Waals surface area (Å²) in [6, 6.07) is -0.285.